The maximum atomic E-state index is 13.3. The standard InChI is InChI=1S/C29H40N2O6/c1-18(2)25-22-12-11-21(35-17-23-24(34-9)13-10-19(3)30-23)16-20(22)14-15-31(25)27(33)37-29(7,8)26(32)36-28(4,5)6/h10-13,16,18,25H,14-15,17H2,1-9H3. The molecule has 1 aromatic carbocycles. The molecule has 2 aromatic rings. The van der Waals surface area contributed by atoms with E-state index in [1.165, 1.54) is 0 Å². The number of methoxy groups -OCH3 is 1. The van der Waals surface area contributed by atoms with Gasteiger partial charge in [0.2, 0.25) is 5.60 Å². The second kappa shape index (κ2) is 11.0. The third kappa shape index (κ3) is 6.93. The van der Waals surface area contributed by atoms with Gasteiger partial charge in [-0.05, 0) is 89.3 Å². The molecule has 1 amide bonds. The number of ether oxygens (including phenoxy) is 4. The van der Waals surface area contributed by atoms with Gasteiger partial charge >= 0.3 is 12.1 Å². The Morgan fingerprint density at radius 1 is 1.08 bits per heavy atom. The second-order valence-corrected chi connectivity index (χ2v) is 11.3. The molecule has 8 heteroatoms. The van der Waals surface area contributed by atoms with Crippen molar-refractivity contribution in [2.24, 2.45) is 5.92 Å². The number of carbonyl (C=O) groups is 2. The first kappa shape index (κ1) is 28.3. The summed E-state index contributed by atoms with van der Waals surface area (Å²) in [6.45, 7) is 15.3. The first-order valence-electron chi connectivity index (χ1n) is 12.7. The number of nitrogens with zero attached hydrogens (tertiary/aromatic N) is 2. The van der Waals surface area contributed by atoms with Gasteiger partial charge in [-0.2, -0.15) is 0 Å². The van der Waals surface area contributed by atoms with E-state index < -0.39 is 23.3 Å². The molecule has 0 aliphatic carbocycles. The molecule has 2 heterocycles. The molecule has 202 valence electrons. The van der Waals surface area contributed by atoms with Crippen molar-refractivity contribution >= 4 is 12.1 Å². The number of pyridine rings is 1. The van der Waals surface area contributed by atoms with Crippen LogP contribution in [0.4, 0.5) is 4.79 Å². The summed E-state index contributed by atoms with van der Waals surface area (Å²) in [4.78, 5) is 32.1. The Balaban J connectivity index is 1.76. The van der Waals surface area contributed by atoms with E-state index in [9.17, 15) is 9.59 Å². The van der Waals surface area contributed by atoms with Crippen molar-refractivity contribution in [3.63, 3.8) is 0 Å². The number of fused-ring (bicyclic) bond motifs is 1. The molecule has 0 N–H and O–H groups in total. The summed E-state index contributed by atoms with van der Waals surface area (Å²) >= 11 is 0. The summed E-state index contributed by atoms with van der Waals surface area (Å²) in [6.07, 6.45) is 0.113. The normalized spacial score (nSPS) is 15.7. The van der Waals surface area contributed by atoms with Gasteiger partial charge in [-0.25, -0.2) is 9.59 Å². The fraction of sp³-hybridized carbons (Fsp3) is 0.552. The molecule has 1 aliphatic rings. The van der Waals surface area contributed by atoms with E-state index in [0.717, 1.165) is 28.3 Å². The van der Waals surface area contributed by atoms with Crippen molar-refractivity contribution < 1.29 is 28.5 Å². The lowest BCUT2D eigenvalue weighted by molar-refractivity contribution is -0.174. The molecule has 1 unspecified atom stereocenters. The van der Waals surface area contributed by atoms with E-state index in [0.29, 0.717) is 18.7 Å². The number of benzene rings is 1. The van der Waals surface area contributed by atoms with Crippen molar-refractivity contribution in [1.29, 1.82) is 0 Å². The molecule has 0 radical (unpaired) electrons. The number of aromatic nitrogens is 1. The monoisotopic (exact) mass is 512 g/mol. The largest absolute Gasteiger partial charge is 0.495 e. The Labute approximate surface area is 220 Å². The van der Waals surface area contributed by atoms with Crippen LogP contribution in [-0.2, 0) is 27.3 Å². The average Bonchev–Trinajstić information content (AvgIpc) is 2.80. The predicted molar refractivity (Wildman–Crippen MR) is 141 cm³/mol. The Hall–Kier alpha value is -3.29. The van der Waals surface area contributed by atoms with Crippen LogP contribution < -0.4 is 9.47 Å². The van der Waals surface area contributed by atoms with E-state index in [4.69, 9.17) is 18.9 Å². The fourth-order valence-corrected chi connectivity index (χ4v) is 4.41. The maximum Gasteiger partial charge on any atom is 0.411 e. The van der Waals surface area contributed by atoms with Crippen molar-refractivity contribution in [1.82, 2.24) is 9.88 Å². The molecule has 8 nitrogen and oxygen atoms in total. The highest BCUT2D eigenvalue weighted by atomic mass is 16.6. The minimum Gasteiger partial charge on any atom is -0.495 e. The molecular weight excluding hydrogens is 472 g/mol. The van der Waals surface area contributed by atoms with Crippen LogP contribution in [-0.4, -0.2) is 46.8 Å². The van der Waals surface area contributed by atoms with Gasteiger partial charge in [-0.15, -0.1) is 0 Å². The molecule has 1 atom stereocenters. The summed E-state index contributed by atoms with van der Waals surface area (Å²) < 4.78 is 22.6. The SMILES string of the molecule is COc1ccc(C)nc1COc1ccc2c(c1)CCN(C(=O)OC(C)(C)C(=O)OC(C)(C)C)C2C(C)C. The van der Waals surface area contributed by atoms with Crippen LogP contribution >= 0.6 is 0 Å². The zero-order valence-corrected chi connectivity index (χ0v) is 23.5. The molecule has 0 spiro atoms. The third-order valence-electron chi connectivity index (χ3n) is 6.16. The van der Waals surface area contributed by atoms with E-state index in [-0.39, 0.29) is 18.6 Å². The zero-order chi connectivity index (χ0) is 27.5. The topological polar surface area (TPSA) is 87.2 Å². The highest BCUT2D eigenvalue weighted by Gasteiger charge is 2.41. The molecular formula is C29H40N2O6. The lowest BCUT2D eigenvalue weighted by Crippen LogP contribution is -2.48. The van der Waals surface area contributed by atoms with E-state index in [1.807, 2.05) is 37.3 Å². The Morgan fingerprint density at radius 2 is 1.78 bits per heavy atom. The van der Waals surface area contributed by atoms with Crippen LogP contribution in [0.2, 0.25) is 0 Å². The Kier molecular flexibility index (Phi) is 8.40. The molecule has 1 aliphatic heterocycles. The maximum absolute atomic E-state index is 13.3. The first-order chi connectivity index (χ1) is 17.2. The van der Waals surface area contributed by atoms with Gasteiger partial charge in [-0.3, -0.25) is 4.98 Å². The number of hydrogen-bond donors (Lipinski definition) is 0. The third-order valence-corrected chi connectivity index (χ3v) is 6.16. The van der Waals surface area contributed by atoms with Gasteiger partial charge in [-0.1, -0.05) is 19.9 Å². The molecule has 1 aromatic heterocycles. The molecule has 37 heavy (non-hydrogen) atoms. The van der Waals surface area contributed by atoms with E-state index in [1.54, 1.807) is 46.6 Å². The highest BCUT2D eigenvalue weighted by molar-refractivity contribution is 5.82. The van der Waals surface area contributed by atoms with Crippen LogP contribution in [0.1, 0.15) is 77.0 Å². The van der Waals surface area contributed by atoms with Crippen LogP contribution in [0, 0.1) is 12.8 Å². The Bertz CT molecular complexity index is 1140. The average molecular weight is 513 g/mol. The van der Waals surface area contributed by atoms with Gasteiger partial charge in [0.05, 0.1) is 13.2 Å². The van der Waals surface area contributed by atoms with Crippen molar-refractivity contribution in [3.8, 4) is 11.5 Å². The highest BCUT2D eigenvalue weighted by Crippen LogP contribution is 2.38. The minimum atomic E-state index is -1.41. The summed E-state index contributed by atoms with van der Waals surface area (Å²) in [7, 11) is 1.62. The van der Waals surface area contributed by atoms with Gasteiger partial charge in [0.25, 0.3) is 0 Å². The predicted octanol–water partition coefficient (Wildman–Crippen LogP) is 5.79. The van der Waals surface area contributed by atoms with Crippen LogP contribution in [0.15, 0.2) is 30.3 Å². The smallest absolute Gasteiger partial charge is 0.411 e. The Morgan fingerprint density at radius 3 is 2.41 bits per heavy atom. The summed E-state index contributed by atoms with van der Waals surface area (Å²) in [6, 6.07) is 9.54. The number of esters is 1. The molecule has 3 rings (SSSR count). The lowest BCUT2D eigenvalue weighted by Gasteiger charge is -2.40. The number of rotatable bonds is 7. The van der Waals surface area contributed by atoms with Crippen molar-refractivity contribution in [3.05, 3.63) is 52.8 Å². The number of amides is 1. The molecule has 0 saturated heterocycles. The van der Waals surface area contributed by atoms with E-state index in [2.05, 4.69) is 18.8 Å². The quantitative estimate of drug-likeness (QED) is 0.434. The van der Waals surface area contributed by atoms with Gasteiger partial charge < -0.3 is 23.8 Å². The second-order valence-electron chi connectivity index (χ2n) is 11.3. The summed E-state index contributed by atoms with van der Waals surface area (Å²) in [5.41, 5.74) is 1.72. The number of aryl methyl sites for hydroxylation is 1. The first-order valence-corrected chi connectivity index (χ1v) is 12.7. The van der Waals surface area contributed by atoms with Crippen LogP contribution in [0.3, 0.4) is 0 Å². The van der Waals surface area contributed by atoms with Gasteiger partial charge in [0.15, 0.2) is 0 Å². The number of carbonyl (C=O) groups excluding carboxylic acids is 2. The van der Waals surface area contributed by atoms with Gasteiger partial charge in [0.1, 0.15) is 29.4 Å². The molecule has 0 fully saturated rings. The van der Waals surface area contributed by atoms with Crippen molar-refractivity contribution in [2.75, 3.05) is 13.7 Å². The van der Waals surface area contributed by atoms with Crippen LogP contribution in [0.25, 0.3) is 0 Å². The minimum absolute atomic E-state index is 0.128. The van der Waals surface area contributed by atoms with Gasteiger partial charge in [0, 0.05) is 12.2 Å². The number of hydrogen-bond acceptors (Lipinski definition) is 7. The summed E-state index contributed by atoms with van der Waals surface area (Å²) in [5, 5.41) is 0. The zero-order valence-electron chi connectivity index (χ0n) is 23.5. The fourth-order valence-electron chi connectivity index (χ4n) is 4.41. The lowest BCUT2D eigenvalue weighted by atomic mass is 9.86. The van der Waals surface area contributed by atoms with E-state index >= 15 is 0 Å². The molecule has 0 saturated carbocycles. The molecule has 0 bridgehead atoms. The van der Waals surface area contributed by atoms with Crippen LogP contribution in [0.5, 0.6) is 11.5 Å². The van der Waals surface area contributed by atoms with Crippen molar-refractivity contribution in [2.45, 2.75) is 85.7 Å². The summed E-state index contributed by atoms with van der Waals surface area (Å²) in [5.74, 6) is 0.970.